The summed E-state index contributed by atoms with van der Waals surface area (Å²) in [7, 11) is 0. The van der Waals surface area contributed by atoms with E-state index in [4.69, 9.17) is 0 Å². The highest BCUT2D eigenvalue weighted by Gasteiger charge is 2.48. The maximum absolute atomic E-state index is 2.50. The first kappa shape index (κ1) is 35.9. The number of fused-ring (bicyclic) bond motifs is 9. The molecule has 0 spiro atoms. The molecule has 0 fully saturated rings. The lowest BCUT2D eigenvalue weighted by atomic mass is 9.66. The molecule has 0 saturated heterocycles. The van der Waals surface area contributed by atoms with Gasteiger partial charge in [0.1, 0.15) is 0 Å². The Labute approximate surface area is 352 Å². The summed E-state index contributed by atoms with van der Waals surface area (Å²) in [6, 6.07) is 81.3. The molecule has 10 aromatic carbocycles. The van der Waals surface area contributed by atoms with Gasteiger partial charge in [-0.05, 0) is 119 Å². The van der Waals surface area contributed by atoms with Gasteiger partial charge in [-0.1, -0.05) is 203 Å². The lowest BCUT2D eigenvalue weighted by Gasteiger charge is -2.36. The second kappa shape index (κ2) is 14.0. The van der Waals surface area contributed by atoms with Gasteiger partial charge in [0.05, 0.1) is 11.1 Å². The van der Waals surface area contributed by atoms with Gasteiger partial charge in [-0.2, -0.15) is 0 Å². The molecular weight excluding hydrogens is 723 g/mol. The van der Waals surface area contributed by atoms with E-state index in [1.807, 2.05) is 0 Å². The lowest BCUT2D eigenvalue weighted by molar-refractivity contribution is 0.590. The maximum Gasteiger partial charge on any atom is 0.0720 e. The van der Waals surface area contributed by atoms with Gasteiger partial charge in [0.25, 0.3) is 0 Å². The average molecular weight is 768 g/mol. The van der Waals surface area contributed by atoms with Crippen LogP contribution in [0.25, 0.3) is 54.6 Å². The molecule has 0 aromatic heterocycles. The quantitative estimate of drug-likeness (QED) is 0.152. The smallest absolute Gasteiger partial charge is 0.0720 e. The molecule has 1 aliphatic rings. The second-order valence-electron chi connectivity index (χ2n) is 17.3. The van der Waals surface area contributed by atoms with E-state index in [0.29, 0.717) is 0 Å². The van der Waals surface area contributed by atoms with Gasteiger partial charge in [0, 0.05) is 16.8 Å². The summed E-state index contributed by atoms with van der Waals surface area (Å²) in [6.45, 7) is 6.83. The summed E-state index contributed by atoms with van der Waals surface area (Å²) in [6.07, 6.45) is 0. The van der Waals surface area contributed by atoms with Crippen LogP contribution in [0.2, 0.25) is 0 Å². The van der Waals surface area contributed by atoms with Gasteiger partial charge in [0.15, 0.2) is 0 Å². The zero-order valence-corrected chi connectivity index (χ0v) is 34.2. The Hall–Kier alpha value is -7.22. The number of rotatable bonds is 6. The minimum Gasteiger partial charge on any atom is -0.310 e. The molecule has 0 saturated carbocycles. The Kier molecular flexibility index (Phi) is 8.36. The fraction of sp³-hybridized carbons (Fsp3) is 0.0847. The Morgan fingerprint density at radius 1 is 0.400 bits per heavy atom. The van der Waals surface area contributed by atoms with Crippen LogP contribution < -0.4 is 4.90 Å². The highest BCUT2D eigenvalue weighted by atomic mass is 15.1. The van der Waals surface area contributed by atoms with E-state index in [0.717, 1.165) is 17.1 Å². The van der Waals surface area contributed by atoms with Crippen molar-refractivity contribution in [3.8, 4) is 22.3 Å². The molecule has 0 heterocycles. The fourth-order valence-corrected chi connectivity index (χ4v) is 10.1. The zero-order valence-electron chi connectivity index (χ0n) is 34.2. The Morgan fingerprint density at radius 3 is 1.67 bits per heavy atom. The van der Waals surface area contributed by atoms with Crippen molar-refractivity contribution < 1.29 is 0 Å². The second-order valence-corrected chi connectivity index (χ2v) is 17.3. The van der Waals surface area contributed by atoms with Gasteiger partial charge >= 0.3 is 0 Å². The van der Waals surface area contributed by atoms with Crippen molar-refractivity contribution >= 4 is 49.4 Å². The number of hydrogen-bond acceptors (Lipinski definition) is 1. The highest BCUT2D eigenvalue weighted by Crippen LogP contribution is 2.61. The van der Waals surface area contributed by atoms with Crippen molar-refractivity contribution in [1.82, 2.24) is 0 Å². The molecule has 60 heavy (non-hydrogen) atoms. The van der Waals surface area contributed by atoms with Gasteiger partial charge in [-0.25, -0.2) is 0 Å². The molecule has 0 bridgehead atoms. The standard InChI is InChI=1S/C59H45N/c1-58(2,3)43-33-30-40(31-34-43)42-32-36-51-53(38-42)49-27-15-16-28-50(49)56-52-37-35-47(60(46-24-11-6-12-25-46)55-29-17-19-41-18-13-14-26-48(41)55)39-54(52)59(57(51)56,44-20-7-4-8-21-44)45-22-9-5-10-23-45/h4-39H,1-3H3. The summed E-state index contributed by atoms with van der Waals surface area (Å²) >= 11 is 0. The Balaban J connectivity index is 1.24. The molecule has 11 rings (SSSR count). The molecule has 286 valence electrons. The van der Waals surface area contributed by atoms with Crippen LogP contribution in [-0.2, 0) is 10.8 Å². The van der Waals surface area contributed by atoms with Gasteiger partial charge < -0.3 is 4.90 Å². The Morgan fingerprint density at radius 2 is 0.983 bits per heavy atom. The SMILES string of the molecule is CC(C)(C)c1ccc(-c2ccc3c4c(c5ccccc5c3c2)-c2ccc(N(c3ccccc3)c3cccc5ccccc35)cc2C4(c2ccccc2)c2ccccc2)cc1. The van der Waals surface area contributed by atoms with Crippen LogP contribution in [0.5, 0.6) is 0 Å². The first-order valence-electron chi connectivity index (χ1n) is 21.1. The summed E-state index contributed by atoms with van der Waals surface area (Å²) in [4.78, 5) is 2.44. The molecule has 1 aliphatic carbocycles. The molecule has 0 N–H and O–H groups in total. The third-order valence-electron chi connectivity index (χ3n) is 12.9. The van der Waals surface area contributed by atoms with E-state index in [9.17, 15) is 0 Å². The van der Waals surface area contributed by atoms with E-state index in [2.05, 4.69) is 244 Å². The van der Waals surface area contributed by atoms with Crippen molar-refractivity contribution in [3.63, 3.8) is 0 Å². The molecule has 10 aromatic rings. The van der Waals surface area contributed by atoms with Crippen molar-refractivity contribution in [2.45, 2.75) is 31.6 Å². The molecule has 1 nitrogen and oxygen atoms in total. The van der Waals surface area contributed by atoms with Crippen LogP contribution in [0, 0.1) is 0 Å². The third kappa shape index (κ3) is 5.53. The summed E-state index contributed by atoms with van der Waals surface area (Å²) in [5, 5.41) is 7.52. The van der Waals surface area contributed by atoms with Crippen LogP contribution in [0.3, 0.4) is 0 Å². The molecule has 0 radical (unpaired) electrons. The predicted octanol–water partition coefficient (Wildman–Crippen LogP) is 15.9. The minimum atomic E-state index is -0.623. The molecule has 0 atom stereocenters. The fourth-order valence-electron chi connectivity index (χ4n) is 10.1. The van der Waals surface area contributed by atoms with Crippen LogP contribution in [0.4, 0.5) is 17.1 Å². The monoisotopic (exact) mass is 767 g/mol. The van der Waals surface area contributed by atoms with Crippen molar-refractivity contribution in [2.24, 2.45) is 0 Å². The van der Waals surface area contributed by atoms with Crippen molar-refractivity contribution in [3.05, 3.63) is 246 Å². The van der Waals surface area contributed by atoms with E-state index in [1.54, 1.807) is 0 Å². The lowest BCUT2D eigenvalue weighted by Crippen LogP contribution is -2.29. The van der Waals surface area contributed by atoms with Crippen LogP contribution in [0.15, 0.2) is 218 Å². The highest BCUT2D eigenvalue weighted by molar-refractivity contribution is 6.20. The predicted molar refractivity (Wildman–Crippen MR) is 255 cm³/mol. The molecule has 1 heteroatoms. The van der Waals surface area contributed by atoms with Crippen LogP contribution in [0.1, 0.15) is 48.6 Å². The molecule has 0 aliphatic heterocycles. The number of para-hydroxylation sites is 1. The normalized spacial score (nSPS) is 13.1. The number of anilines is 3. The molecule has 0 unspecified atom stereocenters. The molecular formula is C59H45N. The largest absolute Gasteiger partial charge is 0.310 e. The summed E-state index contributed by atoms with van der Waals surface area (Å²) < 4.78 is 0. The van der Waals surface area contributed by atoms with Gasteiger partial charge in [-0.3, -0.25) is 0 Å². The number of nitrogens with zero attached hydrogens (tertiary/aromatic N) is 1. The average Bonchev–Trinajstić information content (AvgIpc) is 3.61. The maximum atomic E-state index is 2.50. The van der Waals surface area contributed by atoms with Crippen LogP contribution in [-0.4, -0.2) is 0 Å². The van der Waals surface area contributed by atoms with Crippen molar-refractivity contribution in [1.29, 1.82) is 0 Å². The van der Waals surface area contributed by atoms with E-state index in [-0.39, 0.29) is 5.41 Å². The number of benzene rings is 10. The van der Waals surface area contributed by atoms with Gasteiger partial charge in [0.2, 0.25) is 0 Å². The summed E-state index contributed by atoms with van der Waals surface area (Å²) in [5.41, 5.74) is 14.4. The third-order valence-corrected chi connectivity index (χ3v) is 12.9. The van der Waals surface area contributed by atoms with Gasteiger partial charge in [-0.15, -0.1) is 0 Å². The summed E-state index contributed by atoms with van der Waals surface area (Å²) in [5.74, 6) is 0. The van der Waals surface area contributed by atoms with Crippen LogP contribution >= 0.6 is 0 Å². The van der Waals surface area contributed by atoms with E-state index >= 15 is 0 Å². The zero-order chi connectivity index (χ0) is 40.4. The first-order valence-corrected chi connectivity index (χ1v) is 21.1. The number of hydrogen-bond donors (Lipinski definition) is 0. The van der Waals surface area contributed by atoms with E-state index in [1.165, 1.54) is 82.4 Å². The molecule has 0 amide bonds. The first-order chi connectivity index (χ1) is 29.4. The van der Waals surface area contributed by atoms with Crippen molar-refractivity contribution in [2.75, 3.05) is 4.90 Å². The topological polar surface area (TPSA) is 3.24 Å². The van der Waals surface area contributed by atoms with E-state index < -0.39 is 5.41 Å². The minimum absolute atomic E-state index is 0.0960. The Bertz CT molecular complexity index is 3170.